The lowest BCUT2D eigenvalue weighted by molar-refractivity contribution is 0.372. The molecule has 0 spiro atoms. The van der Waals surface area contributed by atoms with Crippen LogP contribution in [0.4, 0.5) is 0 Å². The van der Waals surface area contributed by atoms with E-state index < -0.39 is 0 Å². The van der Waals surface area contributed by atoms with Crippen LogP contribution in [0.2, 0.25) is 0 Å². The average molecular weight is 319 g/mol. The molecular weight excluding hydrogens is 294 g/mol. The van der Waals surface area contributed by atoms with Crippen LogP contribution in [-0.2, 0) is 6.42 Å². The Morgan fingerprint density at radius 1 is 1.35 bits per heavy atom. The Labute approximate surface area is 136 Å². The van der Waals surface area contributed by atoms with Crippen molar-refractivity contribution in [3.8, 4) is 0 Å². The smallest absolute Gasteiger partial charge is 0.226 e. The molecule has 7 heteroatoms. The monoisotopic (exact) mass is 319 g/mol. The van der Waals surface area contributed by atoms with E-state index in [-0.39, 0.29) is 6.04 Å². The second kappa shape index (κ2) is 8.36. The minimum Gasteiger partial charge on any atom is -0.464 e. The summed E-state index contributed by atoms with van der Waals surface area (Å²) in [6, 6.07) is 4.00. The topological polar surface area (TPSA) is 88.5 Å². The lowest BCUT2D eigenvalue weighted by atomic mass is 10.2. The molecule has 1 atom stereocenters. The summed E-state index contributed by atoms with van der Waals surface area (Å²) in [5, 5.41) is 10.4. The molecule has 0 saturated carbocycles. The number of aromatic nitrogens is 2. The molecule has 2 rings (SSSR count). The molecule has 0 fully saturated rings. The van der Waals surface area contributed by atoms with Crippen molar-refractivity contribution in [3.05, 3.63) is 35.4 Å². The van der Waals surface area contributed by atoms with Crippen LogP contribution in [0.3, 0.4) is 0 Å². The number of nitrogens with one attached hydrogen (secondary N) is 2. The highest BCUT2D eigenvalue weighted by molar-refractivity contribution is 5.80. The molecule has 2 aromatic rings. The van der Waals surface area contributed by atoms with E-state index in [4.69, 9.17) is 8.94 Å². The molecule has 0 aromatic carbocycles. The lowest BCUT2D eigenvalue weighted by Gasteiger charge is -2.16. The molecule has 1 unspecified atom stereocenters. The van der Waals surface area contributed by atoms with Crippen LogP contribution >= 0.6 is 0 Å². The molecule has 23 heavy (non-hydrogen) atoms. The predicted molar refractivity (Wildman–Crippen MR) is 88.3 cm³/mol. The van der Waals surface area contributed by atoms with E-state index in [0.717, 1.165) is 36.9 Å². The van der Waals surface area contributed by atoms with Gasteiger partial charge in [-0.05, 0) is 46.2 Å². The summed E-state index contributed by atoms with van der Waals surface area (Å²) in [4.78, 5) is 8.75. The number of aliphatic imine (C=N–C) groups is 1. The molecular formula is C16H25N5O2. The van der Waals surface area contributed by atoms with E-state index in [0.29, 0.717) is 18.3 Å². The highest BCUT2D eigenvalue weighted by Crippen LogP contribution is 2.15. The van der Waals surface area contributed by atoms with Gasteiger partial charge in [0, 0.05) is 19.5 Å². The van der Waals surface area contributed by atoms with Gasteiger partial charge in [0.1, 0.15) is 11.5 Å². The second-order valence-electron chi connectivity index (χ2n) is 5.41. The van der Waals surface area contributed by atoms with Crippen molar-refractivity contribution in [2.75, 3.05) is 13.1 Å². The van der Waals surface area contributed by atoms with Crippen molar-refractivity contribution in [3.63, 3.8) is 0 Å². The molecule has 126 valence electrons. The van der Waals surface area contributed by atoms with Crippen LogP contribution in [0.25, 0.3) is 0 Å². The third-order valence-electron chi connectivity index (χ3n) is 3.27. The maximum Gasteiger partial charge on any atom is 0.226 e. The summed E-state index contributed by atoms with van der Waals surface area (Å²) >= 11 is 0. The molecule has 0 radical (unpaired) electrons. The average Bonchev–Trinajstić information content (AvgIpc) is 3.12. The number of rotatable bonds is 7. The van der Waals surface area contributed by atoms with E-state index >= 15 is 0 Å². The van der Waals surface area contributed by atoms with Crippen LogP contribution < -0.4 is 10.6 Å². The Hall–Kier alpha value is -2.31. The van der Waals surface area contributed by atoms with Gasteiger partial charge in [-0.3, -0.25) is 4.99 Å². The summed E-state index contributed by atoms with van der Waals surface area (Å²) < 4.78 is 10.7. The van der Waals surface area contributed by atoms with Gasteiger partial charge in [-0.15, -0.1) is 0 Å². The molecule has 0 amide bonds. The van der Waals surface area contributed by atoms with E-state index in [2.05, 4.69) is 25.8 Å². The molecule has 0 saturated heterocycles. The maximum atomic E-state index is 5.64. The molecule has 0 bridgehead atoms. The fourth-order valence-corrected chi connectivity index (χ4v) is 2.15. The maximum absolute atomic E-state index is 5.64. The van der Waals surface area contributed by atoms with Gasteiger partial charge in [0.25, 0.3) is 0 Å². The van der Waals surface area contributed by atoms with Crippen molar-refractivity contribution in [1.29, 1.82) is 0 Å². The van der Waals surface area contributed by atoms with Gasteiger partial charge in [-0.1, -0.05) is 5.16 Å². The van der Waals surface area contributed by atoms with Gasteiger partial charge in [-0.2, -0.15) is 4.98 Å². The van der Waals surface area contributed by atoms with Crippen molar-refractivity contribution in [2.24, 2.45) is 4.99 Å². The zero-order chi connectivity index (χ0) is 16.7. The zero-order valence-corrected chi connectivity index (χ0v) is 14.2. The highest BCUT2D eigenvalue weighted by Gasteiger charge is 2.11. The summed E-state index contributed by atoms with van der Waals surface area (Å²) in [6.07, 6.45) is 1.59. The predicted octanol–water partition coefficient (Wildman–Crippen LogP) is 2.53. The van der Waals surface area contributed by atoms with Crippen LogP contribution in [0.1, 0.15) is 49.5 Å². The number of nitrogens with zero attached hydrogens (tertiary/aromatic N) is 3. The Morgan fingerprint density at radius 3 is 2.78 bits per heavy atom. The van der Waals surface area contributed by atoms with Gasteiger partial charge in [0.15, 0.2) is 11.8 Å². The molecule has 7 nitrogen and oxygen atoms in total. The minimum atomic E-state index is 0.0556. The van der Waals surface area contributed by atoms with E-state index in [1.165, 1.54) is 0 Å². The normalized spacial score (nSPS) is 13.1. The third kappa shape index (κ3) is 5.43. The summed E-state index contributed by atoms with van der Waals surface area (Å²) in [5.41, 5.74) is 0. The van der Waals surface area contributed by atoms with Crippen LogP contribution in [0.5, 0.6) is 0 Å². The minimum absolute atomic E-state index is 0.0556. The molecule has 2 heterocycles. The molecule has 2 aromatic heterocycles. The fourth-order valence-electron chi connectivity index (χ4n) is 2.15. The van der Waals surface area contributed by atoms with Gasteiger partial charge in [0.2, 0.25) is 5.89 Å². The summed E-state index contributed by atoms with van der Waals surface area (Å²) in [7, 11) is 0. The van der Waals surface area contributed by atoms with Crippen LogP contribution in [-0.4, -0.2) is 29.2 Å². The number of furan rings is 1. The highest BCUT2D eigenvalue weighted by atomic mass is 16.5. The van der Waals surface area contributed by atoms with Gasteiger partial charge >= 0.3 is 0 Å². The van der Waals surface area contributed by atoms with Crippen molar-refractivity contribution < 1.29 is 8.94 Å². The first kappa shape index (κ1) is 17.1. The first-order valence-electron chi connectivity index (χ1n) is 7.99. The van der Waals surface area contributed by atoms with Crippen molar-refractivity contribution in [2.45, 2.75) is 46.6 Å². The first-order chi connectivity index (χ1) is 11.1. The van der Waals surface area contributed by atoms with Gasteiger partial charge < -0.3 is 19.6 Å². The van der Waals surface area contributed by atoms with Gasteiger partial charge in [-0.25, -0.2) is 0 Å². The first-order valence-corrected chi connectivity index (χ1v) is 7.99. The Kier molecular flexibility index (Phi) is 6.19. The lowest BCUT2D eigenvalue weighted by Crippen LogP contribution is -2.38. The number of hydrogen-bond acceptors (Lipinski definition) is 5. The zero-order valence-electron chi connectivity index (χ0n) is 14.2. The van der Waals surface area contributed by atoms with Crippen LogP contribution in [0, 0.1) is 13.8 Å². The van der Waals surface area contributed by atoms with E-state index in [1.807, 2.05) is 39.8 Å². The largest absolute Gasteiger partial charge is 0.464 e. The Bertz CT molecular complexity index is 632. The molecule has 0 aliphatic rings. The summed E-state index contributed by atoms with van der Waals surface area (Å²) in [5.74, 6) is 3.91. The number of hydrogen-bond donors (Lipinski definition) is 2. The van der Waals surface area contributed by atoms with Gasteiger partial charge in [0.05, 0.1) is 6.04 Å². The van der Waals surface area contributed by atoms with E-state index in [1.54, 1.807) is 0 Å². The number of aryl methyl sites for hydroxylation is 3. The molecule has 0 aliphatic carbocycles. The molecule has 2 N–H and O–H groups in total. The summed E-state index contributed by atoms with van der Waals surface area (Å²) in [6.45, 7) is 9.33. The quantitative estimate of drug-likeness (QED) is 0.463. The fraction of sp³-hybridized carbons (Fsp3) is 0.562. The van der Waals surface area contributed by atoms with Crippen molar-refractivity contribution >= 4 is 5.96 Å². The standard InChI is InChI=1S/C16H25N5O2/c1-5-17-16(19-12(3)14-9-8-11(2)22-14)18-10-6-7-15-20-13(4)21-23-15/h8-9,12H,5-7,10H2,1-4H3,(H2,17,18,19). The Morgan fingerprint density at radius 2 is 2.17 bits per heavy atom. The number of guanidine groups is 1. The molecule has 0 aliphatic heterocycles. The second-order valence-corrected chi connectivity index (χ2v) is 5.41. The Balaban J connectivity index is 1.84. The SMILES string of the molecule is CCNC(=NCCCc1nc(C)no1)NC(C)c1ccc(C)o1. The van der Waals surface area contributed by atoms with E-state index in [9.17, 15) is 0 Å². The van der Waals surface area contributed by atoms with Crippen LogP contribution in [0.15, 0.2) is 26.1 Å². The van der Waals surface area contributed by atoms with Crippen molar-refractivity contribution in [1.82, 2.24) is 20.8 Å². The third-order valence-corrected chi connectivity index (χ3v) is 3.27.